The van der Waals surface area contributed by atoms with Crippen molar-refractivity contribution in [3.8, 4) is 11.3 Å². The Morgan fingerprint density at radius 1 is 1.04 bits per heavy atom. The van der Waals surface area contributed by atoms with Crippen LogP contribution in [0.5, 0.6) is 0 Å². The van der Waals surface area contributed by atoms with Crippen molar-refractivity contribution >= 4 is 17.0 Å². The summed E-state index contributed by atoms with van der Waals surface area (Å²) in [5.41, 5.74) is 3.57. The molecule has 4 nitrogen and oxygen atoms in total. The largest absolute Gasteiger partial charge is 0.463 e. The highest BCUT2D eigenvalue weighted by Gasteiger charge is 2.10. The second-order valence-corrected chi connectivity index (χ2v) is 7.02. The molecule has 0 unspecified atom stereocenters. The summed E-state index contributed by atoms with van der Waals surface area (Å²) < 4.78 is 20.6. The molecule has 0 aliphatic heterocycles. The Hall–Kier alpha value is -3.25. The minimum Gasteiger partial charge on any atom is -0.463 e. The van der Waals surface area contributed by atoms with Gasteiger partial charge in [0.15, 0.2) is 0 Å². The number of hydrogen-bond acceptors (Lipinski definition) is 4. The van der Waals surface area contributed by atoms with Crippen LogP contribution in [0.1, 0.15) is 18.2 Å². The first-order valence-corrected chi connectivity index (χ1v) is 9.69. The summed E-state index contributed by atoms with van der Waals surface area (Å²) in [7, 11) is 0. The Labute approximate surface area is 165 Å². The molecule has 140 valence electrons. The standard InChI is InChI=1S/C22H18FN3OS/c1-16(21-8-5-13-27-21)25-26-20(18-9-11-19(23)12-10-18)15-28-22(26)24-14-17-6-3-2-4-7-17/h2-13,15H,14H2,1H3. The zero-order valence-corrected chi connectivity index (χ0v) is 16.1. The summed E-state index contributed by atoms with van der Waals surface area (Å²) in [6.07, 6.45) is 1.62. The number of rotatable bonds is 5. The third-order valence-corrected chi connectivity index (χ3v) is 5.05. The van der Waals surface area contributed by atoms with E-state index in [4.69, 9.17) is 14.5 Å². The van der Waals surface area contributed by atoms with E-state index in [9.17, 15) is 4.39 Å². The lowest BCUT2D eigenvalue weighted by atomic mass is 10.2. The van der Waals surface area contributed by atoms with Crippen LogP contribution in [-0.2, 0) is 6.54 Å². The van der Waals surface area contributed by atoms with Gasteiger partial charge < -0.3 is 4.42 Å². The first kappa shape index (κ1) is 18.1. The molecule has 2 aromatic heterocycles. The van der Waals surface area contributed by atoms with Gasteiger partial charge in [-0.05, 0) is 48.9 Å². The van der Waals surface area contributed by atoms with Crippen LogP contribution >= 0.6 is 11.3 Å². The smallest absolute Gasteiger partial charge is 0.206 e. The molecule has 0 saturated carbocycles. The molecule has 2 heterocycles. The maximum absolute atomic E-state index is 13.3. The Kier molecular flexibility index (Phi) is 5.30. The molecule has 4 rings (SSSR count). The van der Waals surface area contributed by atoms with Gasteiger partial charge in [0, 0.05) is 10.9 Å². The van der Waals surface area contributed by atoms with E-state index in [-0.39, 0.29) is 5.82 Å². The molecule has 0 atom stereocenters. The van der Waals surface area contributed by atoms with Crippen molar-refractivity contribution in [2.45, 2.75) is 13.5 Å². The van der Waals surface area contributed by atoms with Gasteiger partial charge >= 0.3 is 0 Å². The lowest BCUT2D eigenvalue weighted by Gasteiger charge is -2.05. The number of hydrogen-bond donors (Lipinski definition) is 0. The van der Waals surface area contributed by atoms with Crippen molar-refractivity contribution in [2.24, 2.45) is 10.1 Å². The van der Waals surface area contributed by atoms with Gasteiger partial charge in [0.1, 0.15) is 17.3 Å². The Morgan fingerprint density at radius 2 is 1.82 bits per heavy atom. The van der Waals surface area contributed by atoms with Crippen molar-refractivity contribution in [2.75, 3.05) is 0 Å². The highest BCUT2D eigenvalue weighted by Crippen LogP contribution is 2.21. The molecule has 0 bridgehead atoms. The molecule has 0 aliphatic carbocycles. The maximum Gasteiger partial charge on any atom is 0.206 e. The molecule has 28 heavy (non-hydrogen) atoms. The monoisotopic (exact) mass is 391 g/mol. The number of benzene rings is 2. The van der Waals surface area contributed by atoms with E-state index in [1.165, 1.54) is 23.5 Å². The predicted octanol–water partition coefficient (Wildman–Crippen LogP) is 5.32. The zero-order chi connectivity index (χ0) is 19.3. The van der Waals surface area contributed by atoms with Crippen molar-refractivity contribution in [3.63, 3.8) is 0 Å². The summed E-state index contributed by atoms with van der Waals surface area (Å²) in [5, 5.41) is 6.72. The van der Waals surface area contributed by atoms with Gasteiger partial charge in [-0.1, -0.05) is 30.3 Å². The third-order valence-electron chi connectivity index (χ3n) is 4.19. The second-order valence-electron chi connectivity index (χ2n) is 6.19. The first-order chi connectivity index (χ1) is 13.7. The molecule has 4 aromatic rings. The minimum absolute atomic E-state index is 0.269. The van der Waals surface area contributed by atoms with Gasteiger partial charge in [0.25, 0.3) is 0 Å². The van der Waals surface area contributed by atoms with Crippen LogP contribution in [0.4, 0.5) is 4.39 Å². The predicted molar refractivity (Wildman–Crippen MR) is 110 cm³/mol. The average Bonchev–Trinajstić information content (AvgIpc) is 3.38. The highest BCUT2D eigenvalue weighted by molar-refractivity contribution is 7.07. The van der Waals surface area contributed by atoms with E-state index >= 15 is 0 Å². The van der Waals surface area contributed by atoms with E-state index in [1.807, 2.05) is 54.8 Å². The van der Waals surface area contributed by atoms with Crippen LogP contribution in [0.2, 0.25) is 0 Å². The van der Waals surface area contributed by atoms with Crippen LogP contribution in [-0.4, -0.2) is 10.4 Å². The van der Waals surface area contributed by atoms with Crippen LogP contribution in [0.25, 0.3) is 11.3 Å². The van der Waals surface area contributed by atoms with Crippen molar-refractivity contribution in [1.29, 1.82) is 0 Å². The lowest BCUT2D eigenvalue weighted by molar-refractivity contribution is 0.556. The Bertz CT molecular complexity index is 1140. The normalized spacial score (nSPS) is 12.5. The van der Waals surface area contributed by atoms with Gasteiger partial charge in [-0.15, -0.1) is 11.3 Å². The van der Waals surface area contributed by atoms with Crippen LogP contribution in [0.3, 0.4) is 0 Å². The summed E-state index contributed by atoms with van der Waals surface area (Å²) in [6.45, 7) is 2.44. The summed E-state index contributed by atoms with van der Waals surface area (Å²) in [5.74, 6) is 0.424. The Balaban J connectivity index is 1.80. The molecular weight excluding hydrogens is 373 g/mol. The fraction of sp³-hybridized carbons (Fsp3) is 0.0909. The Morgan fingerprint density at radius 3 is 2.54 bits per heavy atom. The molecule has 0 spiro atoms. The summed E-state index contributed by atoms with van der Waals surface area (Å²) in [4.78, 5) is 5.50. The van der Waals surface area contributed by atoms with Crippen LogP contribution < -0.4 is 4.80 Å². The van der Waals surface area contributed by atoms with Gasteiger partial charge in [-0.3, -0.25) is 4.99 Å². The molecule has 6 heteroatoms. The van der Waals surface area contributed by atoms with E-state index in [0.29, 0.717) is 12.3 Å². The van der Waals surface area contributed by atoms with Gasteiger partial charge in [-0.2, -0.15) is 5.10 Å². The van der Waals surface area contributed by atoms with Gasteiger partial charge in [-0.25, -0.2) is 9.07 Å². The maximum atomic E-state index is 13.3. The molecular formula is C22H18FN3OS. The minimum atomic E-state index is -0.269. The highest BCUT2D eigenvalue weighted by atomic mass is 32.1. The number of nitrogens with zero attached hydrogens (tertiary/aromatic N) is 3. The van der Waals surface area contributed by atoms with E-state index in [1.54, 1.807) is 23.1 Å². The van der Waals surface area contributed by atoms with E-state index in [2.05, 4.69) is 0 Å². The summed E-state index contributed by atoms with van der Waals surface area (Å²) in [6, 6.07) is 20.1. The molecule has 0 amide bonds. The summed E-state index contributed by atoms with van der Waals surface area (Å²) >= 11 is 1.50. The van der Waals surface area contributed by atoms with Crippen molar-refractivity contribution in [3.05, 3.63) is 100 Å². The van der Waals surface area contributed by atoms with E-state index < -0.39 is 0 Å². The van der Waals surface area contributed by atoms with Gasteiger partial charge in [0.2, 0.25) is 4.80 Å². The fourth-order valence-electron chi connectivity index (χ4n) is 2.75. The second kappa shape index (κ2) is 8.19. The first-order valence-electron chi connectivity index (χ1n) is 8.81. The topological polar surface area (TPSA) is 42.8 Å². The number of aromatic nitrogens is 1. The SMILES string of the molecule is CC(=Nn1c(-c2ccc(F)cc2)csc1=NCc1ccccc1)c1ccco1. The number of thiazole rings is 1. The van der Waals surface area contributed by atoms with E-state index in [0.717, 1.165) is 27.3 Å². The molecule has 2 aromatic carbocycles. The molecule has 0 saturated heterocycles. The number of furan rings is 1. The lowest BCUT2D eigenvalue weighted by Crippen LogP contribution is -2.14. The molecule has 0 N–H and O–H groups in total. The molecule has 0 radical (unpaired) electrons. The fourth-order valence-corrected chi connectivity index (χ4v) is 3.58. The average molecular weight is 391 g/mol. The molecule has 0 aliphatic rings. The molecule has 0 fully saturated rings. The number of halogens is 1. The quantitative estimate of drug-likeness (QED) is 0.425. The van der Waals surface area contributed by atoms with Crippen LogP contribution in [0, 0.1) is 5.82 Å². The van der Waals surface area contributed by atoms with Crippen molar-refractivity contribution < 1.29 is 8.81 Å². The zero-order valence-electron chi connectivity index (χ0n) is 15.2. The third kappa shape index (κ3) is 4.02. The van der Waals surface area contributed by atoms with Gasteiger partial charge in [0.05, 0.1) is 18.5 Å². The van der Waals surface area contributed by atoms with Crippen LogP contribution in [0.15, 0.2) is 92.9 Å². The van der Waals surface area contributed by atoms with Crippen molar-refractivity contribution in [1.82, 2.24) is 4.68 Å².